The van der Waals surface area contributed by atoms with E-state index >= 15 is 0 Å². The molecule has 0 aliphatic carbocycles. The van der Waals surface area contributed by atoms with Crippen molar-refractivity contribution in [1.29, 1.82) is 0 Å². The van der Waals surface area contributed by atoms with Crippen molar-refractivity contribution in [1.82, 2.24) is 20.8 Å². The second-order valence-corrected chi connectivity index (χ2v) is 6.23. The summed E-state index contributed by atoms with van der Waals surface area (Å²) >= 11 is 1.46. The van der Waals surface area contributed by atoms with Crippen molar-refractivity contribution < 1.29 is 14.1 Å². The summed E-state index contributed by atoms with van der Waals surface area (Å²) < 4.78 is 4.96. The predicted molar refractivity (Wildman–Crippen MR) is 93.5 cm³/mol. The second kappa shape index (κ2) is 7.71. The first-order valence-electron chi connectivity index (χ1n) is 7.64. The van der Waals surface area contributed by atoms with E-state index < -0.39 is 5.91 Å². The maximum atomic E-state index is 12.0. The Labute approximate surface area is 148 Å². The minimum atomic E-state index is -0.472. The van der Waals surface area contributed by atoms with Gasteiger partial charge in [-0.1, -0.05) is 28.9 Å². The number of benzene rings is 1. The highest BCUT2D eigenvalue weighted by atomic mass is 32.1. The van der Waals surface area contributed by atoms with Crippen LogP contribution in [0.15, 0.2) is 46.3 Å². The minimum Gasteiger partial charge on any atom is -0.350 e. The van der Waals surface area contributed by atoms with Crippen LogP contribution in [0.1, 0.15) is 26.6 Å². The van der Waals surface area contributed by atoms with Gasteiger partial charge in [0.1, 0.15) is 0 Å². The normalized spacial score (nSPS) is 10.4. The topological polar surface area (TPSA) is 97.1 Å². The molecule has 0 fully saturated rings. The molecule has 25 heavy (non-hydrogen) atoms. The van der Waals surface area contributed by atoms with Gasteiger partial charge in [-0.25, -0.2) is 0 Å². The van der Waals surface area contributed by atoms with Crippen molar-refractivity contribution in [2.24, 2.45) is 0 Å². The van der Waals surface area contributed by atoms with E-state index in [0.29, 0.717) is 17.9 Å². The van der Waals surface area contributed by atoms with Gasteiger partial charge in [-0.2, -0.15) is 4.98 Å². The number of rotatable bonds is 6. The highest BCUT2D eigenvalue weighted by molar-refractivity contribution is 7.13. The summed E-state index contributed by atoms with van der Waals surface area (Å²) in [4.78, 5) is 28.8. The lowest BCUT2D eigenvalue weighted by Crippen LogP contribution is -2.34. The molecule has 0 aliphatic rings. The Hall–Kier alpha value is -3.00. The molecule has 2 heterocycles. The molecule has 3 rings (SSSR count). The zero-order valence-electron chi connectivity index (χ0n) is 13.5. The third-order valence-electron chi connectivity index (χ3n) is 3.34. The third kappa shape index (κ3) is 4.30. The molecule has 0 bridgehead atoms. The smallest absolute Gasteiger partial charge is 0.316 e. The molecule has 7 nitrogen and oxygen atoms in total. The number of hydrogen-bond donors (Lipinski definition) is 2. The summed E-state index contributed by atoms with van der Waals surface area (Å²) in [5.74, 6) is -0.378. The molecular formula is C17H16N4O3S. The van der Waals surface area contributed by atoms with Crippen LogP contribution in [0.2, 0.25) is 0 Å². The van der Waals surface area contributed by atoms with Crippen molar-refractivity contribution in [2.75, 3.05) is 13.1 Å². The number of carbonyl (C=O) groups is 2. The second-order valence-electron chi connectivity index (χ2n) is 5.28. The van der Waals surface area contributed by atoms with Crippen LogP contribution in [0.5, 0.6) is 0 Å². The van der Waals surface area contributed by atoms with Gasteiger partial charge < -0.3 is 15.2 Å². The Morgan fingerprint density at radius 3 is 2.64 bits per heavy atom. The van der Waals surface area contributed by atoms with Gasteiger partial charge in [0.25, 0.3) is 5.91 Å². The Bertz CT molecular complexity index is 874. The summed E-state index contributed by atoms with van der Waals surface area (Å²) in [6, 6.07) is 11.0. The van der Waals surface area contributed by atoms with E-state index in [2.05, 4.69) is 20.8 Å². The Morgan fingerprint density at radius 1 is 1.12 bits per heavy atom. The van der Waals surface area contributed by atoms with Crippen LogP contribution < -0.4 is 10.6 Å². The van der Waals surface area contributed by atoms with Crippen molar-refractivity contribution in [3.05, 3.63) is 58.8 Å². The molecule has 1 aromatic carbocycles. The monoisotopic (exact) mass is 356 g/mol. The van der Waals surface area contributed by atoms with Crippen molar-refractivity contribution in [3.63, 3.8) is 0 Å². The molecule has 0 aliphatic heterocycles. The number of nitrogens with zero attached hydrogens (tertiary/aromatic N) is 2. The SMILES string of the molecule is Cc1cccc(C(=O)NCCNC(=O)c2nc(-c3cccs3)no2)c1. The van der Waals surface area contributed by atoms with Gasteiger partial charge in [0, 0.05) is 18.7 Å². The highest BCUT2D eigenvalue weighted by Crippen LogP contribution is 2.21. The first-order valence-corrected chi connectivity index (χ1v) is 8.52. The number of hydrogen-bond acceptors (Lipinski definition) is 6. The van der Waals surface area contributed by atoms with Crippen LogP contribution in [-0.2, 0) is 0 Å². The van der Waals surface area contributed by atoms with E-state index in [1.165, 1.54) is 11.3 Å². The molecule has 0 saturated carbocycles. The maximum absolute atomic E-state index is 12.0. The summed E-state index contributed by atoms with van der Waals surface area (Å²) in [7, 11) is 0. The molecular weight excluding hydrogens is 340 g/mol. The van der Waals surface area contributed by atoms with E-state index in [1.54, 1.807) is 12.1 Å². The quantitative estimate of drug-likeness (QED) is 0.660. The molecule has 0 saturated heterocycles. The molecule has 2 amide bonds. The Kier molecular flexibility index (Phi) is 5.20. The highest BCUT2D eigenvalue weighted by Gasteiger charge is 2.16. The van der Waals surface area contributed by atoms with Gasteiger partial charge >= 0.3 is 11.8 Å². The first kappa shape index (κ1) is 16.8. The zero-order chi connectivity index (χ0) is 17.6. The van der Waals surface area contributed by atoms with Crippen LogP contribution in [0, 0.1) is 6.92 Å². The summed E-state index contributed by atoms with van der Waals surface area (Å²) in [6.45, 7) is 2.48. The van der Waals surface area contributed by atoms with E-state index in [-0.39, 0.29) is 18.3 Å². The number of aromatic nitrogens is 2. The Balaban J connectivity index is 1.46. The minimum absolute atomic E-state index is 0.103. The number of nitrogens with one attached hydrogen (secondary N) is 2. The molecule has 128 valence electrons. The van der Waals surface area contributed by atoms with Crippen LogP contribution in [-0.4, -0.2) is 35.0 Å². The lowest BCUT2D eigenvalue weighted by atomic mass is 10.1. The number of thiophene rings is 1. The maximum Gasteiger partial charge on any atom is 0.316 e. The van der Waals surface area contributed by atoms with Crippen LogP contribution in [0.3, 0.4) is 0 Å². The zero-order valence-corrected chi connectivity index (χ0v) is 14.3. The molecule has 8 heteroatoms. The van der Waals surface area contributed by atoms with Gasteiger partial charge in [0.2, 0.25) is 5.82 Å². The summed E-state index contributed by atoms with van der Waals surface area (Å²) in [5, 5.41) is 11.0. The predicted octanol–water partition coefficient (Wildman–Crippen LogP) is 2.27. The number of aryl methyl sites for hydroxylation is 1. The van der Waals surface area contributed by atoms with E-state index in [0.717, 1.165) is 10.4 Å². The lowest BCUT2D eigenvalue weighted by Gasteiger charge is -2.06. The molecule has 0 atom stereocenters. The van der Waals surface area contributed by atoms with Crippen molar-refractivity contribution >= 4 is 23.2 Å². The van der Waals surface area contributed by atoms with Crippen LogP contribution >= 0.6 is 11.3 Å². The molecule has 3 aromatic rings. The average molecular weight is 356 g/mol. The fraction of sp³-hybridized carbons (Fsp3) is 0.176. The van der Waals surface area contributed by atoms with Crippen LogP contribution in [0.25, 0.3) is 10.7 Å². The average Bonchev–Trinajstić information content (AvgIpc) is 3.29. The fourth-order valence-corrected chi connectivity index (χ4v) is 2.79. The fourth-order valence-electron chi connectivity index (χ4n) is 2.14. The van der Waals surface area contributed by atoms with Gasteiger partial charge in [-0.3, -0.25) is 9.59 Å². The van der Waals surface area contributed by atoms with E-state index in [4.69, 9.17) is 4.52 Å². The molecule has 2 N–H and O–H groups in total. The van der Waals surface area contributed by atoms with Gasteiger partial charge in [0.15, 0.2) is 0 Å². The van der Waals surface area contributed by atoms with Crippen molar-refractivity contribution in [2.45, 2.75) is 6.92 Å². The number of amides is 2. The van der Waals surface area contributed by atoms with Gasteiger partial charge in [0.05, 0.1) is 4.88 Å². The molecule has 2 aromatic heterocycles. The lowest BCUT2D eigenvalue weighted by molar-refractivity contribution is 0.0898. The third-order valence-corrected chi connectivity index (χ3v) is 4.20. The largest absolute Gasteiger partial charge is 0.350 e. The van der Waals surface area contributed by atoms with Gasteiger partial charge in [-0.15, -0.1) is 11.3 Å². The van der Waals surface area contributed by atoms with Crippen molar-refractivity contribution in [3.8, 4) is 10.7 Å². The molecule has 0 radical (unpaired) electrons. The van der Waals surface area contributed by atoms with E-state index in [1.807, 2.05) is 36.6 Å². The standard InChI is InChI=1S/C17H16N4O3S/c1-11-4-2-5-12(10-11)15(22)18-7-8-19-16(23)17-20-14(21-24-17)13-6-3-9-25-13/h2-6,9-10H,7-8H2,1H3,(H,18,22)(H,19,23). The summed E-state index contributed by atoms with van der Waals surface area (Å²) in [6.07, 6.45) is 0. The number of carbonyl (C=O) groups excluding carboxylic acids is 2. The first-order chi connectivity index (χ1) is 12.1. The Morgan fingerprint density at radius 2 is 1.92 bits per heavy atom. The molecule has 0 spiro atoms. The summed E-state index contributed by atoms with van der Waals surface area (Å²) in [5.41, 5.74) is 1.60. The van der Waals surface area contributed by atoms with Gasteiger partial charge in [-0.05, 0) is 30.5 Å². The van der Waals surface area contributed by atoms with Crippen LogP contribution in [0.4, 0.5) is 0 Å². The van der Waals surface area contributed by atoms with E-state index in [9.17, 15) is 9.59 Å². The molecule has 0 unspecified atom stereocenters.